The van der Waals surface area contributed by atoms with Gasteiger partial charge in [0.05, 0.1) is 18.2 Å². The smallest absolute Gasteiger partial charge is 0.416 e. The summed E-state index contributed by atoms with van der Waals surface area (Å²) in [7, 11) is 0. The molecule has 0 radical (unpaired) electrons. The maximum absolute atomic E-state index is 13.3. The molecule has 2 N–H and O–H groups in total. The number of rotatable bonds is 10. The fraction of sp³-hybridized carbons (Fsp3) is 0.357. The minimum absolute atomic E-state index is 0.0118. The van der Waals surface area contributed by atoms with Gasteiger partial charge in [0, 0.05) is 43.3 Å². The van der Waals surface area contributed by atoms with E-state index in [4.69, 9.17) is 9.15 Å². The number of amides is 1. The summed E-state index contributed by atoms with van der Waals surface area (Å²) in [5.41, 5.74) is 2.14. The van der Waals surface area contributed by atoms with Gasteiger partial charge in [-0.3, -0.25) is 9.69 Å². The number of fused-ring (bicyclic) bond motifs is 1. The standard InChI is InChI=1S/C28H29F3N4O3/c29-28(30,31)21-6-3-5-19(13-21)16-35(11-10-20-14-32-24-9-2-1-8-23(20)24)17-26-34-25(18-38-26)27(36)33-15-22-7-4-12-37-22/h1-3,5-6,8-9,13-14,18,22,32H,4,7,10-12,15-17H2,(H,33,36)/t22-/m0/s1. The molecule has 0 bridgehead atoms. The van der Waals surface area contributed by atoms with E-state index in [2.05, 4.69) is 15.3 Å². The van der Waals surface area contributed by atoms with E-state index in [1.807, 2.05) is 35.4 Å². The van der Waals surface area contributed by atoms with Gasteiger partial charge >= 0.3 is 6.18 Å². The van der Waals surface area contributed by atoms with Crippen molar-refractivity contribution >= 4 is 16.8 Å². The first-order chi connectivity index (χ1) is 18.3. The second-order valence-corrected chi connectivity index (χ2v) is 9.49. The summed E-state index contributed by atoms with van der Waals surface area (Å²) in [4.78, 5) is 22.1. The van der Waals surface area contributed by atoms with Gasteiger partial charge in [-0.05, 0) is 42.5 Å². The van der Waals surface area contributed by atoms with E-state index in [0.717, 1.165) is 41.4 Å². The Morgan fingerprint density at radius 3 is 2.84 bits per heavy atom. The van der Waals surface area contributed by atoms with E-state index >= 15 is 0 Å². The van der Waals surface area contributed by atoms with Crippen LogP contribution in [0, 0.1) is 0 Å². The molecule has 1 saturated heterocycles. The average Bonchev–Trinajstić information content (AvgIpc) is 3.67. The molecular formula is C28H29F3N4O3. The van der Waals surface area contributed by atoms with Crippen LogP contribution in [0.3, 0.4) is 0 Å². The van der Waals surface area contributed by atoms with E-state index < -0.39 is 11.7 Å². The van der Waals surface area contributed by atoms with E-state index in [-0.39, 0.29) is 30.8 Å². The molecule has 4 aromatic rings. The fourth-order valence-corrected chi connectivity index (χ4v) is 4.72. The van der Waals surface area contributed by atoms with Crippen LogP contribution in [0.15, 0.2) is 65.4 Å². The number of carbonyl (C=O) groups excluding carboxylic acids is 1. The van der Waals surface area contributed by atoms with Crippen molar-refractivity contribution in [2.75, 3.05) is 19.7 Å². The molecule has 0 spiro atoms. The summed E-state index contributed by atoms with van der Waals surface area (Å²) < 4.78 is 51.0. The molecule has 5 rings (SSSR count). The minimum atomic E-state index is -4.42. The fourth-order valence-electron chi connectivity index (χ4n) is 4.72. The second-order valence-electron chi connectivity index (χ2n) is 9.49. The number of carbonyl (C=O) groups is 1. The average molecular weight is 527 g/mol. The van der Waals surface area contributed by atoms with E-state index in [9.17, 15) is 18.0 Å². The van der Waals surface area contributed by atoms with Gasteiger partial charge in [0.15, 0.2) is 5.69 Å². The zero-order valence-corrected chi connectivity index (χ0v) is 20.8. The quantitative estimate of drug-likeness (QED) is 0.292. The zero-order chi connectivity index (χ0) is 26.5. The van der Waals surface area contributed by atoms with Gasteiger partial charge in [-0.2, -0.15) is 13.2 Å². The molecule has 1 atom stereocenters. The van der Waals surface area contributed by atoms with Crippen LogP contribution in [0.2, 0.25) is 0 Å². The van der Waals surface area contributed by atoms with Gasteiger partial charge in [-0.15, -0.1) is 0 Å². The zero-order valence-electron chi connectivity index (χ0n) is 20.8. The lowest BCUT2D eigenvalue weighted by atomic mass is 10.1. The molecule has 1 amide bonds. The predicted octanol–water partition coefficient (Wildman–Crippen LogP) is 5.33. The van der Waals surface area contributed by atoms with Crippen LogP contribution >= 0.6 is 0 Å². The van der Waals surface area contributed by atoms with Crippen LogP contribution in [0.5, 0.6) is 0 Å². The summed E-state index contributed by atoms with van der Waals surface area (Å²) in [6.45, 7) is 2.15. The predicted molar refractivity (Wildman–Crippen MR) is 135 cm³/mol. The number of aromatic nitrogens is 2. The first-order valence-electron chi connectivity index (χ1n) is 12.6. The number of para-hydroxylation sites is 1. The van der Waals surface area contributed by atoms with Crippen molar-refractivity contribution in [2.45, 2.75) is 44.6 Å². The van der Waals surface area contributed by atoms with Gasteiger partial charge in [0.2, 0.25) is 5.89 Å². The third-order valence-corrected chi connectivity index (χ3v) is 6.69. The molecule has 3 heterocycles. The third kappa shape index (κ3) is 6.43. The van der Waals surface area contributed by atoms with Gasteiger partial charge in [-0.1, -0.05) is 36.4 Å². The Kier molecular flexibility index (Phi) is 7.80. The van der Waals surface area contributed by atoms with Crippen molar-refractivity contribution in [1.82, 2.24) is 20.2 Å². The van der Waals surface area contributed by atoms with E-state index in [1.54, 1.807) is 6.07 Å². The molecule has 0 aliphatic carbocycles. The Hall–Kier alpha value is -3.63. The SMILES string of the molecule is O=C(NC[C@@H]1CCCO1)c1coc(CN(CCc2c[nH]c3ccccc23)Cc2cccc(C(F)(F)F)c2)n1. The Balaban J connectivity index is 1.29. The van der Waals surface area contributed by atoms with Crippen molar-refractivity contribution < 1.29 is 27.1 Å². The highest BCUT2D eigenvalue weighted by Gasteiger charge is 2.30. The minimum Gasteiger partial charge on any atom is -0.447 e. The molecule has 0 unspecified atom stereocenters. The van der Waals surface area contributed by atoms with Crippen LogP contribution in [-0.2, 0) is 30.4 Å². The highest BCUT2D eigenvalue weighted by Crippen LogP contribution is 2.30. The lowest BCUT2D eigenvalue weighted by Crippen LogP contribution is -2.32. The number of benzene rings is 2. The number of nitrogens with one attached hydrogen (secondary N) is 2. The molecule has 0 saturated carbocycles. The third-order valence-electron chi connectivity index (χ3n) is 6.69. The van der Waals surface area contributed by atoms with Crippen molar-refractivity contribution in [2.24, 2.45) is 0 Å². The lowest BCUT2D eigenvalue weighted by Gasteiger charge is -2.21. The molecule has 7 nitrogen and oxygen atoms in total. The first-order valence-corrected chi connectivity index (χ1v) is 12.6. The van der Waals surface area contributed by atoms with Crippen LogP contribution in [-0.4, -0.2) is 46.6 Å². The normalized spacial score (nSPS) is 15.9. The highest BCUT2D eigenvalue weighted by molar-refractivity contribution is 5.91. The van der Waals surface area contributed by atoms with Crippen LogP contribution in [0.25, 0.3) is 10.9 Å². The molecular weight excluding hydrogens is 497 g/mol. The Bertz CT molecular complexity index is 1370. The monoisotopic (exact) mass is 526 g/mol. The van der Waals surface area contributed by atoms with Gasteiger partial charge in [0.25, 0.3) is 5.91 Å². The molecule has 2 aromatic carbocycles. The van der Waals surface area contributed by atoms with Gasteiger partial charge in [0.1, 0.15) is 6.26 Å². The number of aromatic amines is 1. The Morgan fingerprint density at radius 2 is 2.03 bits per heavy atom. The Morgan fingerprint density at radius 1 is 1.16 bits per heavy atom. The number of hydrogen-bond acceptors (Lipinski definition) is 5. The molecule has 2 aromatic heterocycles. The van der Waals surface area contributed by atoms with Crippen LogP contribution in [0.4, 0.5) is 13.2 Å². The number of oxazole rings is 1. The molecule has 1 fully saturated rings. The molecule has 1 aliphatic heterocycles. The molecule has 10 heteroatoms. The molecule has 200 valence electrons. The first kappa shape index (κ1) is 26.0. The summed E-state index contributed by atoms with van der Waals surface area (Å²) in [6, 6.07) is 13.3. The largest absolute Gasteiger partial charge is 0.447 e. The maximum Gasteiger partial charge on any atom is 0.416 e. The number of halogens is 3. The van der Waals surface area contributed by atoms with Crippen molar-refractivity contribution in [3.8, 4) is 0 Å². The van der Waals surface area contributed by atoms with Crippen molar-refractivity contribution in [3.63, 3.8) is 0 Å². The second kappa shape index (κ2) is 11.4. The van der Waals surface area contributed by atoms with Crippen molar-refractivity contribution in [3.05, 3.63) is 89.3 Å². The summed E-state index contributed by atoms with van der Waals surface area (Å²) in [5, 5.41) is 3.92. The summed E-state index contributed by atoms with van der Waals surface area (Å²) in [6.07, 6.45) is 1.41. The summed E-state index contributed by atoms with van der Waals surface area (Å²) in [5.74, 6) is -0.0307. The van der Waals surface area contributed by atoms with E-state index in [0.29, 0.717) is 37.6 Å². The lowest BCUT2D eigenvalue weighted by molar-refractivity contribution is -0.137. The number of ether oxygens (including phenoxy) is 1. The number of alkyl halides is 3. The topological polar surface area (TPSA) is 83.4 Å². The highest BCUT2D eigenvalue weighted by atomic mass is 19.4. The van der Waals surface area contributed by atoms with E-state index in [1.165, 1.54) is 12.3 Å². The molecule has 38 heavy (non-hydrogen) atoms. The molecule has 1 aliphatic rings. The number of nitrogens with zero attached hydrogens (tertiary/aromatic N) is 2. The summed E-state index contributed by atoms with van der Waals surface area (Å²) >= 11 is 0. The number of hydrogen-bond donors (Lipinski definition) is 2. The van der Waals surface area contributed by atoms with Crippen molar-refractivity contribution in [1.29, 1.82) is 0 Å². The Labute approximate surface area is 218 Å². The maximum atomic E-state index is 13.3. The number of H-pyrrole nitrogens is 1. The van der Waals surface area contributed by atoms with Crippen LogP contribution in [0.1, 0.15) is 45.9 Å². The van der Waals surface area contributed by atoms with Gasteiger partial charge < -0.3 is 19.5 Å². The van der Waals surface area contributed by atoms with Gasteiger partial charge in [-0.25, -0.2) is 4.98 Å². The van der Waals surface area contributed by atoms with Crippen LogP contribution < -0.4 is 5.32 Å².